The van der Waals surface area contributed by atoms with Crippen molar-refractivity contribution in [3.05, 3.63) is 59.1 Å². The number of hydrogen-bond acceptors (Lipinski definition) is 4. The molecule has 0 amide bonds. The topological polar surface area (TPSA) is 58.6 Å². The number of benzene rings is 2. The highest BCUT2D eigenvalue weighted by molar-refractivity contribution is 7.89. The second kappa shape index (κ2) is 8.39. The van der Waals surface area contributed by atoms with Crippen LogP contribution in [0.1, 0.15) is 24.4 Å². The van der Waals surface area contributed by atoms with Crippen molar-refractivity contribution in [1.29, 1.82) is 0 Å². The second-order valence-electron chi connectivity index (χ2n) is 6.32. The van der Waals surface area contributed by atoms with Crippen molar-refractivity contribution in [2.24, 2.45) is 0 Å². The molecule has 3 rings (SSSR count). The lowest BCUT2D eigenvalue weighted by Gasteiger charge is -2.28. The Kier molecular flexibility index (Phi) is 6.19. The molecule has 1 N–H and O–H groups in total. The largest absolute Gasteiger partial charge is 0.495 e. The van der Waals surface area contributed by atoms with Crippen molar-refractivity contribution in [3.63, 3.8) is 0 Å². The average Bonchev–Trinajstić information content (AvgIpc) is 3.17. The lowest BCUT2D eigenvalue weighted by Crippen LogP contribution is -2.36. The summed E-state index contributed by atoms with van der Waals surface area (Å²) in [6.07, 6.45) is 2.29. The minimum Gasteiger partial charge on any atom is -0.495 e. The summed E-state index contributed by atoms with van der Waals surface area (Å²) < 4.78 is 33.2. The number of halogens is 1. The Morgan fingerprint density at radius 2 is 1.85 bits per heavy atom. The monoisotopic (exact) mass is 394 g/mol. The molecule has 1 aliphatic heterocycles. The molecule has 1 saturated heterocycles. The van der Waals surface area contributed by atoms with E-state index in [0.29, 0.717) is 12.3 Å². The van der Waals surface area contributed by atoms with E-state index in [1.54, 1.807) is 6.07 Å². The van der Waals surface area contributed by atoms with E-state index in [9.17, 15) is 8.42 Å². The Hall–Kier alpha value is -1.60. The lowest BCUT2D eigenvalue weighted by molar-refractivity contribution is 0.246. The van der Waals surface area contributed by atoms with Crippen LogP contribution in [-0.4, -0.2) is 40.1 Å². The molecule has 1 atom stereocenters. The SMILES string of the molecule is COc1ccc(S(=O)(=O)NCC(c2ccccc2)N2CCCC2)cc1Cl. The van der Waals surface area contributed by atoms with Gasteiger partial charge < -0.3 is 4.74 Å². The number of ether oxygens (including phenoxy) is 1. The van der Waals surface area contributed by atoms with Crippen LogP contribution in [0.3, 0.4) is 0 Å². The molecule has 0 aliphatic carbocycles. The summed E-state index contributed by atoms with van der Waals surface area (Å²) in [4.78, 5) is 2.47. The molecule has 0 saturated carbocycles. The van der Waals surface area contributed by atoms with Gasteiger partial charge in [0.15, 0.2) is 0 Å². The smallest absolute Gasteiger partial charge is 0.240 e. The molecular formula is C19H23ClN2O3S. The first-order valence-electron chi connectivity index (χ1n) is 8.63. The van der Waals surface area contributed by atoms with Crippen molar-refractivity contribution in [3.8, 4) is 5.75 Å². The molecular weight excluding hydrogens is 372 g/mol. The van der Waals surface area contributed by atoms with Crippen molar-refractivity contribution < 1.29 is 13.2 Å². The number of nitrogens with one attached hydrogen (secondary N) is 1. The first kappa shape index (κ1) is 19.2. The van der Waals surface area contributed by atoms with E-state index in [0.717, 1.165) is 31.5 Å². The number of likely N-dealkylation sites (tertiary alicyclic amines) is 1. The number of methoxy groups -OCH3 is 1. The lowest BCUT2D eigenvalue weighted by atomic mass is 10.1. The van der Waals surface area contributed by atoms with Crippen molar-refractivity contribution in [2.45, 2.75) is 23.8 Å². The predicted molar refractivity (Wildman–Crippen MR) is 103 cm³/mol. The summed E-state index contributed by atoms with van der Waals surface area (Å²) in [6, 6.07) is 14.5. The zero-order valence-corrected chi connectivity index (χ0v) is 16.3. The van der Waals surface area contributed by atoms with Gasteiger partial charge in [-0.2, -0.15) is 0 Å². The van der Waals surface area contributed by atoms with Crippen LogP contribution in [0.15, 0.2) is 53.4 Å². The fourth-order valence-electron chi connectivity index (χ4n) is 3.27. The molecule has 140 valence electrons. The first-order valence-corrected chi connectivity index (χ1v) is 10.5. The quantitative estimate of drug-likeness (QED) is 0.781. The van der Waals surface area contributed by atoms with Crippen LogP contribution in [0.4, 0.5) is 0 Å². The van der Waals surface area contributed by atoms with E-state index >= 15 is 0 Å². The molecule has 26 heavy (non-hydrogen) atoms. The van der Waals surface area contributed by atoms with Gasteiger partial charge in [-0.3, -0.25) is 4.90 Å². The van der Waals surface area contributed by atoms with Gasteiger partial charge >= 0.3 is 0 Å². The average molecular weight is 395 g/mol. The van der Waals surface area contributed by atoms with Crippen LogP contribution in [-0.2, 0) is 10.0 Å². The van der Waals surface area contributed by atoms with Gasteiger partial charge in [0.05, 0.1) is 17.0 Å². The van der Waals surface area contributed by atoms with Crippen LogP contribution in [0, 0.1) is 0 Å². The Morgan fingerprint density at radius 1 is 1.15 bits per heavy atom. The fourth-order valence-corrected chi connectivity index (χ4v) is 4.66. The van der Waals surface area contributed by atoms with Gasteiger partial charge in [0.25, 0.3) is 0 Å². The minimum atomic E-state index is -3.66. The fraction of sp³-hybridized carbons (Fsp3) is 0.368. The summed E-state index contributed by atoms with van der Waals surface area (Å²) in [5, 5.41) is 0.273. The van der Waals surface area contributed by atoms with E-state index in [1.165, 1.54) is 19.2 Å². The second-order valence-corrected chi connectivity index (χ2v) is 8.49. The Balaban J connectivity index is 1.78. The Morgan fingerprint density at radius 3 is 2.46 bits per heavy atom. The van der Waals surface area contributed by atoms with E-state index in [4.69, 9.17) is 16.3 Å². The summed E-state index contributed by atoms with van der Waals surface area (Å²) >= 11 is 6.07. The van der Waals surface area contributed by atoms with E-state index in [-0.39, 0.29) is 16.0 Å². The van der Waals surface area contributed by atoms with Crippen molar-refractivity contribution >= 4 is 21.6 Å². The molecule has 1 heterocycles. The van der Waals surface area contributed by atoms with Gasteiger partial charge in [-0.15, -0.1) is 0 Å². The summed E-state index contributed by atoms with van der Waals surface area (Å²) in [6.45, 7) is 2.28. The predicted octanol–water partition coefficient (Wildman–Crippen LogP) is 3.46. The third-order valence-electron chi connectivity index (χ3n) is 4.67. The molecule has 7 heteroatoms. The van der Waals surface area contributed by atoms with Crippen LogP contribution >= 0.6 is 11.6 Å². The third kappa shape index (κ3) is 4.38. The van der Waals surface area contributed by atoms with Crippen molar-refractivity contribution in [2.75, 3.05) is 26.7 Å². The Labute approximate surface area is 160 Å². The molecule has 0 radical (unpaired) electrons. The Bertz CT molecular complexity index is 837. The van der Waals surface area contributed by atoms with Gasteiger partial charge in [0, 0.05) is 12.6 Å². The minimum absolute atomic E-state index is 0.0159. The van der Waals surface area contributed by atoms with Crippen molar-refractivity contribution in [1.82, 2.24) is 9.62 Å². The highest BCUT2D eigenvalue weighted by Crippen LogP contribution is 2.28. The zero-order chi connectivity index (χ0) is 18.6. The number of hydrogen-bond donors (Lipinski definition) is 1. The molecule has 0 bridgehead atoms. The normalized spacial score (nSPS) is 16.5. The summed E-state index contributed by atoms with van der Waals surface area (Å²) in [5.74, 6) is 0.449. The molecule has 1 unspecified atom stereocenters. The highest BCUT2D eigenvalue weighted by Gasteiger charge is 2.25. The maximum Gasteiger partial charge on any atom is 0.240 e. The van der Waals surface area contributed by atoms with E-state index in [2.05, 4.69) is 9.62 Å². The summed E-state index contributed by atoms with van der Waals surface area (Å²) in [7, 11) is -2.16. The number of nitrogens with zero attached hydrogens (tertiary/aromatic N) is 1. The molecule has 2 aromatic rings. The van der Waals surface area contributed by atoms with Crippen LogP contribution in [0.2, 0.25) is 5.02 Å². The van der Waals surface area contributed by atoms with Gasteiger partial charge in [0.1, 0.15) is 5.75 Å². The molecule has 5 nitrogen and oxygen atoms in total. The maximum absolute atomic E-state index is 12.7. The summed E-state index contributed by atoms with van der Waals surface area (Å²) in [5.41, 5.74) is 1.12. The number of sulfonamides is 1. The molecule has 1 aliphatic rings. The van der Waals surface area contributed by atoms with Gasteiger partial charge in [0.2, 0.25) is 10.0 Å². The standard InChI is InChI=1S/C19H23ClN2O3S/c1-25-19-10-9-16(13-17(19)20)26(23,24)21-14-18(22-11-5-6-12-22)15-7-3-2-4-8-15/h2-4,7-10,13,18,21H,5-6,11-12,14H2,1H3. The van der Waals surface area contributed by atoms with Gasteiger partial charge in [-0.1, -0.05) is 41.9 Å². The molecule has 2 aromatic carbocycles. The molecule has 0 aromatic heterocycles. The van der Waals surface area contributed by atoms with Gasteiger partial charge in [-0.25, -0.2) is 13.1 Å². The van der Waals surface area contributed by atoms with Crippen LogP contribution < -0.4 is 9.46 Å². The van der Waals surface area contributed by atoms with Crippen LogP contribution in [0.5, 0.6) is 5.75 Å². The number of rotatable bonds is 7. The highest BCUT2D eigenvalue weighted by atomic mass is 35.5. The zero-order valence-electron chi connectivity index (χ0n) is 14.7. The molecule has 0 spiro atoms. The van der Waals surface area contributed by atoms with Crippen LogP contribution in [0.25, 0.3) is 0 Å². The third-order valence-corrected chi connectivity index (χ3v) is 6.38. The van der Waals surface area contributed by atoms with E-state index in [1.807, 2.05) is 30.3 Å². The van der Waals surface area contributed by atoms with E-state index < -0.39 is 10.0 Å². The van der Waals surface area contributed by atoms with Gasteiger partial charge in [-0.05, 0) is 49.7 Å². The maximum atomic E-state index is 12.7. The molecule has 1 fully saturated rings. The first-order chi connectivity index (χ1) is 12.5.